The van der Waals surface area contributed by atoms with E-state index in [1.807, 2.05) is 0 Å². The van der Waals surface area contributed by atoms with E-state index in [0.29, 0.717) is 11.5 Å². The fraction of sp³-hybridized carbons (Fsp3) is 1.00. The van der Waals surface area contributed by atoms with E-state index in [1.54, 1.807) is 0 Å². The van der Waals surface area contributed by atoms with Crippen molar-refractivity contribution in [2.75, 3.05) is 7.05 Å². The van der Waals surface area contributed by atoms with E-state index in [1.165, 1.54) is 12.8 Å². The maximum atomic E-state index is 5.99. The minimum absolute atomic E-state index is 0.281. The highest BCUT2D eigenvalue weighted by Gasteiger charge is 2.33. The van der Waals surface area contributed by atoms with Crippen LogP contribution in [0.1, 0.15) is 40.0 Å². The standard InChI is InChI=1S/C10H22N2/c1-10(2,3)8-6-5-7-9(11)12(8)4/h8-9H,5-7,11H2,1-4H3. The van der Waals surface area contributed by atoms with Gasteiger partial charge in [-0.1, -0.05) is 20.8 Å². The minimum atomic E-state index is 0.281. The van der Waals surface area contributed by atoms with Crippen molar-refractivity contribution >= 4 is 0 Å². The third-order valence-corrected chi connectivity index (χ3v) is 2.99. The quantitative estimate of drug-likeness (QED) is 0.600. The summed E-state index contributed by atoms with van der Waals surface area (Å²) in [6, 6.07) is 0.654. The van der Waals surface area contributed by atoms with Gasteiger partial charge in [0.25, 0.3) is 0 Å². The molecule has 2 unspecified atom stereocenters. The molecule has 72 valence electrons. The van der Waals surface area contributed by atoms with Gasteiger partial charge in [0, 0.05) is 6.04 Å². The fourth-order valence-electron chi connectivity index (χ4n) is 2.20. The Labute approximate surface area is 76.1 Å². The van der Waals surface area contributed by atoms with Crippen LogP contribution in [0.25, 0.3) is 0 Å². The summed E-state index contributed by atoms with van der Waals surface area (Å²) in [5.41, 5.74) is 6.36. The normalized spacial score (nSPS) is 33.8. The van der Waals surface area contributed by atoms with Crippen LogP contribution in [0.2, 0.25) is 0 Å². The molecule has 0 aromatic carbocycles. The largest absolute Gasteiger partial charge is 0.316 e. The van der Waals surface area contributed by atoms with Crippen molar-refractivity contribution in [3.05, 3.63) is 0 Å². The molecule has 0 radical (unpaired) electrons. The van der Waals surface area contributed by atoms with Gasteiger partial charge in [-0.3, -0.25) is 4.90 Å². The number of nitrogens with zero attached hydrogens (tertiary/aromatic N) is 1. The summed E-state index contributed by atoms with van der Waals surface area (Å²) in [4.78, 5) is 2.34. The van der Waals surface area contributed by atoms with E-state index >= 15 is 0 Å². The molecule has 1 saturated heterocycles. The van der Waals surface area contributed by atoms with Crippen LogP contribution >= 0.6 is 0 Å². The lowest BCUT2D eigenvalue weighted by molar-refractivity contribution is 0.0449. The molecule has 1 fully saturated rings. The molecule has 2 nitrogen and oxygen atoms in total. The zero-order chi connectivity index (χ0) is 9.35. The second kappa shape index (κ2) is 3.35. The van der Waals surface area contributed by atoms with E-state index in [2.05, 4.69) is 32.7 Å². The first kappa shape index (κ1) is 10.0. The SMILES string of the molecule is CN1C(N)CCCC1C(C)(C)C. The van der Waals surface area contributed by atoms with Crippen molar-refractivity contribution in [1.82, 2.24) is 4.90 Å². The molecule has 2 atom stereocenters. The number of hydrogen-bond donors (Lipinski definition) is 1. The summed E-state index contributed by atoms with van der Waals surface area (Å²) < 4.78 is 0. The maximum absolute atomic E-state index is 5.99. The Morgan fingerprint density at radius 2 is 1.83 bits per heavy atom. The number of piperidine rings is 1. The van der Waals surface area contributed by atoms with Crippen LogP contribution in [0.4, 0.5) is 0 Å². The van der Waals surface area contributed by atoms with E-state index in [9.17, 15) is 0 Å². The molecule has 0 amide bonds. The number of rotatable bonds is 0. The van der Waals surface area contributed by atoms with E-state index in [0.717, 1.165) is 6.42 Å². The molecule has 12 heavy (non-hydrogen) atoms. The molecule has 1 rings (SSSR count). The van der Waals surface area contributed by atoms with Crippen LogP contribution in [0.3, 0.4) is 0 Å². The fourth-order valence-corrected chi connectivity index (χ4v) is 2.20. The van der Waals surface area contributed by atoms with Crippen LogP contribution in [0.5, 0.6) is 0 Å². The number of likely N-dealkylation sites (tertiary alicyclic amines) is 1. The number of nitrogens with two attached hydrogens (primary N) is 1. The minimum Gasteiger partial charge on any atom is -0.316 e. The number of hydrogen-bond acceptors (Lipinski definition) is 2. The average Bonchev–Trinajstić information content (AvgIpc) is 1.92. The van der Waals surface area contributed by atoms with Crippen molar-refractivity contribution in [1.29, 1.82) is 0 Å². The van der Waals surface area contributed by atoms with Crippen molar-refractivity contribution in [3.8, 4) is 0 Å². The average molecular weight is 170 g/mol. The summed E-state index contributed by atoms with van der Waals surface area (Å²) >= 11 is 0. The lowest BCUT2D eigenvalue weighted by atomic mass is 9.80. The van der Waals surface area contributed by atoms with Gasteiger partial charge in [0.05, 0.1) is 6.17 Å². The molecule has 0 aromatic rings. The lowest BCUT2D eigenvalue weighted by Gasteiger charge is -2.44. The highest BCUT2D eigenvalue weighted by Crippen LogP contribution is 2.31. The molecule has 2 heteroatoms. The highest BCUT2D eigenvalue weighted by atomic mass is 15.2. The van der Waals surface area contributed by atoms with Gasteiger partial charge < -0.3 is 5.73 Å². The first-order valence-electron chi connectivity index (χ1n) is 4.90. The van der Waals surface area contributed by atoms with E-state index < -0.39 is 0 Å². The first-order valence-corrected chi connectivity index (χ1v) is 4.90. The molecule has 0 spiro atoms. The topological polar surface area (TPSA) is 29.3 Å². The smallest absolute Gasteiger partial charge is 0.0571 e. The van der Waals surface area contributed by atoms with Crippen LogP contribution in [0, 0.1) is 5.41 Å². The first-order chi connectivity index (χ1) is 5.43. The van der Waals surface area contributed by atoms with Crippen LogP contribution in [-0.2, 0) is 0 Å². The van der Waals surface area contributed by atoms with Gasteiger partial charge in [0.2, 0.25) is 0 Å². The third kappa shape index (κ3) is 1.99. The third-order valence-electron chi connectivity index (χ3n) is 2.99. The zero-order valence-corrected chi connectivity index (χ0v) is 8.80. The Kier molecular flexibility index (Phi) is 2.79. The molecule has 0 saturated carbocycles. The molecular weight excluding hydrogens is 148 g/mol. The van der Waals surface area contributed by atoms with Crippen molar-refractivity contribution in [3.63, 3.8) is 0 Å². The van der Waals surface area contributed by atoms with Crippen LogP contribution < -0.4 is 5.73 Å². The van der Waals surface area contributed by atoms with Gasteiger partial charge in [0.15, 0.2) is 0 Å². The summed E-state index contributed by atoms with van der Waals surface area (Å²) in [6.07, 6.45) is 4.02. The predicted octanol–water partition coefficient (Wildman–Crippen LogP) is 1.80. The van der Waals surface area contributed by atoms with Gasteiger partial charge in [-0.05, 0) is 31.7 Å². The molecule has 1 aliphatic rings. The zero-order valence-electron chi connectivity index (χ0n) is 8.80. The van der Waals surface area contributed by atoms with Crippen LogP contribution in [0.15, 0.2) is 0 Å². The van der Waals surface area contributed by atoms with Gasteiger partial charge in [-0.15, -0.1) is 0 Å². The highest BCUT2D eigenvalue weighted by molar-refractivity contribution is 4.87. The molecule has 1 heterocycles. The van der Waals surface area contributed by atoms with Crippen molar-refractivity contribution in [2.24, 2.45) is 11.1 Å². The second-order valence-corrected chi connectivity index (χ2v) is 5.05. The summed E-state index contributed by atoms with van der Waals surface area (Å²) in [5, 5.41) is 0. The molecule has 0 aliphatic carbocycles. The monoisotopic (exact) mass is 170 g/mol. The second-order valence-electron chi connectivity index (χ2n) is 5.05. The maximum Gasteiger partial charge on any atom is 0.0571 e. The van der Waals surface area contributed by atoms with E-state index in [-0.39, 0.29) is 6.17 Å². The molecule has 2 N–H and O–H groups in total. The molecule has 1 aliphatic heterocycles. The molecule has 0 bridgehead atoms. The van der Waals surface area contributed by atoms with Crippen molar-refractivity contribution < 1.29 is 0 Å². The van der Waals surface area contributed by atoms with Gasteiger partial charge in [-0.2, -0.15) is 0 Å². The van der Waals surface area contributed by atoms with Crippen LogP contribution in [-0.4, -0.2) is 24.2 Å². The van der Waals surface area contributed by atoms with Gasteiger partial charge in [0.1, 0.15) is 0 Å². The Bertz CT molecular complexity index is 148. The molecule has 0 aromatic heterocycles. The summed E-state index contributed by atoms with van der Waals surface area (Å²) in [5.74, 6) is 0. The predicted molar refractivity (Wildman–Crippen MR) is 52.8 cm³/mol. The van der Waals surface area contributed by atoms with Crippen molar-refractivity contribution in [2.45, 2.75) is 52.2 Å². The Morgan fingerprint density at radius 3 is 2.25 bits per heavy atom. The summed E-state index contributed by atoms with van der Waals surface area (Å²) in [6.45, 7) is 6.89. The van der Waals surface area contributed by atoms with Gasteiger partial charge in [-0.25, -0.2) is 0 Å². The van der Waals surface area contributed by atoms with E-state index in [4.69, 9.17) is 5.73 Å². The Morgan fingerprint density at radius 1 is 1.25 bits per heavy atom. The summed E-state index contributed by atoms with van der Waals surface area (Å²) in [7, 11) is 2.15. The lowest BCUT2D eigenvalue weighted by Crippen LogP contribution is -2.53. The van der Waals surface area contributed by atoms with Gasteiger partial charge >= 0.3 is 0 Å². The Balaban J connectivity index is 2.64. The Hall–Kier alpha value is -0.0800. The molecular formula is C10H22N2.